The lowest BCUT2D eigenvalue weighted by molar-refractivity contribution is 0.0730. The molecule has 0 radical (unpaired) electrons. The Labute approximate surface area is 180 Å². The number of amides is 1. The molecule has 1 aliphatic heterocycles. The van der Waals surface area contributed by atoms with Gasteiger partial charge in [0.2, 0.25) is 10.0 Å². The van der Waals surface area contributed by atoms with E-state index in [9.17, 15) is 26.0 Å². The van der Waals surface area contributed by atoms with Gasteiger partial charge in [-0.1, -0.05) is 18.2 Å². The van der Waals surface area contributed by atoms with Gasteiger partial charge in [0.05, 0.1) is 29.5 Å². The Morgan fingerprint density at radius 1 is 1.03 bits per heavy atom. The van der Waals surface area contributed by atoms with Crippen molar-refractivity contribution in [2.45, 2.75) is 4.90 Å². The summed E-state index contributed by atoms with van der Waals surface area (Å²) in [5.41, 5.74) is -0.189. The van der Waals surface area contributed by atoms with Gasteiger partial charge in [-0.15, -0.1) is 0 Å². The molecular weight excluding hydrogens is 449 g/mol. The normalized spacial score (nSPS) is 15.4. The number of para-hydroxylation sites is 1. The molecule has 0 aliphatic carbocycles. The molecule has 1 heterocycles. The molecule has 1 saturated heterocycles. The van der Waals surface area contributed by atoms with Crippen LogP contribution in [0.1, 0.15) is 10.4 Å². The molecule has 0 spiro atoms. The van der Waals surface area contributed by atoms with Crippen LogP contribution in [-0.4, -0.2) is 65.6 Å². The van der Waals surface area contributed by atoms with Crippen LogP contribution in [0.15, 0.2) is 53.4 Å². The Bertz CT molecular complexity index is 1150. The van der Waals surface area contributed by atoms with Gasteiger partial charge in [-0.05, 0) is 30.3 Å². The zero-order valence-corrected chi connectivity index (χ0v) is 18.1. The van der Waals surface area contributed by atoms with Crippen LogP contribution in [0.4, 0.5) is 10.1 Å². The predicted octanol–water partition coefficient (Wildman–Crippen LogP) is 1.02. The van der Waals surface area contributed by atoms with Gasteiger partial charge >= 0.3 is 0 Å². The van der Waals surface area contributed by atoms with Gasteiger partial charge in [-0.25, -0.2) is 21.2 Å². The lowest BCUT2D eigenvalue weighted by Crippen LogP contribution is -2.43. The number of anilines is 1. The highest BCUT2D eigenvalue weighted by Gasteiger charge is 2.24. The fourth-order valence-corrected chi connectivity index (χ4v) is 5.34. The van der Waals surface area contributed by atoms with Crippen LogP contribution in [0.25, 0.3) is 0 Å². The average molecular weight is 472 g/mol. The minimum absolute atomic E-state index is 0.0279. The third kappa shape index (κ3) is 6.00. The number of halogens is 1. The van der Waals surface area contributed by atoms with Crippen LogP contribution < -0.4 is 10.0 Å². The van der Waals surface area contributed by atoms with E-state index in [0.29, 0.717) is 13.2 Å². The smallest absolute Gasteiger partial charge is 0.262 e. The van der Waals surface area contributed by atoms with E-state index in [2.05, 4.69) is 10.0 Å². The molecule has 168 valence electrons. The molecule has 0 unspecified atom stereocenters. The highest BCUT2D eigenvalue weighted by atomic mass is 32.2. The Balaban J connectivity index is 1.64. The Hall–Kier alpha value is -2.54. The van der Waals surface area contributed by atoms with Gasteiger partial charge in [0.25, 0.3) is 15.9 Å². The van der Waals surface area contributed by atoms with E-state index in [1.165, 1.54) is 40.7 Å². The quantitative estimate of drug-likeness (QED) is 0.593. The molecule has 12 heteroatoms. The minimum atomic E-state index is -4.13. The topological polar surface area (TPSA) is 122 Å². The molecule has 0 aromatic heterocycles. The lowest BCUT2D eigenvalue weighted by Gasteiger charge is -2.26. The molecular formula is C19H22FN3O6S2. The van der Waals surface area contributed by atoms with E-state index in [4.69, 9.17) is 4.74 Å². The summed E-state index contributed by atoms with van der Waals surface area (Å²) in [7, 11) is -7.67. The Morgan fingerprint density at radius 3 is 2.45 bits per heavy atom. The number of hydrogen-bond donors (Lipinski definition) is 2. The van der Waals surface area contributed by atoms with E-state index < -0.39 is 31.8 Å². The van der Waals surface area contributed by atoms with Crippen LogP contribution in [0.3, 0.4) is 0 Å². The van der Waals surface area contributed by atoms with Crippen molar-refractivity contribution in [2.75, 3.05) is 43.3 Å². The molecule has 1 amide bonds. The maximum Gasteiger partial charge on any atom is 0.262 e. The Kier molecular flexibility index (Phi) is 7.26. The minimum Gasteiger partial charge on any atom is -0.379 e. The maximum atomic E-state index is 13.8. The summed E-state index contributed by atoms with van der Waals surface area (Å²) in [6.07, 6.45) is 0. The lowest BCUT2D eigenvalue weighted by atomic mass is 10.2. The van der Waals surface area contributed by atoms with Crippen LogP contribution >= 0.6 is 0 Å². The second kappa shape index (κ2) is 9.73. The van der Waals surface area contributed by atoms with E-state index >= 15 is 0 Å². The van der Waals surface area contributed by atoms with Crippen LogP contribution in [0.2, 0.25) is 0 Å². The van der Waals surface area contributed by atoms with Crippen molar-refractivity contribution in [3.8, 4) is 0 Å². The zero-order valence-electron chi connectivity index (χ0n) is 16.5. The molecule has 0 bridgehead atoms. The summed E-state index contributed by atoms with van der Waals surface area (Å²) in [6, 6.07) is 10.5. The second-order valence-electron chi connectivity index (χ2n) is 6.70. The van der Waals surface area contributed by atoms with Gasteiger partial charge in [-0.3, -0.25) is 9.52 Å². The molecule has 0 saturated carbocycles. The molecule has 1 aliphatic rings. The zero-order chi connectivity index (χ0) is 22.5. The molecule has 2 aromatic carbocycles. The van der Waals surface area contributed by atoms with Crippen LogP contribution in [0.5, 0.6) is 0 Å². The standard InChI is InChI=1S/C19H22FN3O6S2/c20-17-6-1-2-7-18(17)22-31(27,28)16-5-3-4-15(14-16)19(24)21-8-13-30(25,26)23-9-11-29-12-10-23/h1-7,14,22H,8-13H2,(H,21,24). The van der Waals surface area contributed by atoms with Gasteiger partial charge in [0.15, 0.2) is 0 Å². The number of carbonyl (C=O) groups excluding carboxylic acids is 1. The van der Waals surface area contributed by atoms with Crippen molar-refractivity contribution in [3.05, 3.63) is 59.9 Å². The summed E-state index contributed by atoms with van der Waals surface area (Å²) < 4.78 is 72.0. The SMILES string of the molecule is O=C(NCCS(=O)(=O)N1CCOCC1)c1cccc(S(=O)(=O)Nc2ccccc2F)c1. The number of hydrogen-bond acceptors (Lipinski definition) is 6. The average Bonchev–Trinajstić information content (AvgIpc) is 2.76. The summed E-state index contributed by atoms with van der Waals surface area (Å²) in [6.45, 7) is 1.06. The van der Waals surface area contributed by atoms with Gasteiger partial charge in [0.1, 0.15) is 5.82 Å². The number of benzene rings is 2. The van der Waals surface area contributed by atoms with Crippen molar-refractivity contribution < 1.29 is 30.8 Å². The summed E-state index contributed by atoms with van der Waals surface area (Å²) in [4.78, 5) is 12.2. The first-order valence-electron chi connectivity index (χ1n) is 9.40. The fraction of sp³-hybridized carbons (Fsp3) is 0.316. The van der Waals surface area contributed by atoms with E-state index in [1.807, 2.05) is 0 Å². The van der Waals surface area contributed by atoms with Crippen molar-refractivity contribution in [1.82, 2.24) is 9.62 Å². The number of sulfonamides is 2. The first-order chi connectivity index (χ1) is 14.7. The van der Waals surface area contributed by atoms with E-state index in [-0.39, 0.29) is 41.5 Å². The maximum absolute atomic E-state index is 13.8. The van der Waals surface area contributed by atoms with Crippen molar-refractivity contribution >= 4 is 31.6 Å². The monoisotopic (exact) mass is 471 g/mol. The van der Waals surface area contributed by atoms with Crippen molar-refractivity contribution in [2.24, 2.45) is 0 Å². The first-order valence-corrected chi connectivity index (χ1v) is 12.5. The van der Waals surface area contributed by atoms with E-state index in [0.717, 1.165) is 12.1 Å². The largest absolute Gasteiger partial charge is 0.379 e. The van der Waals surface area contributed by atoms with Gasteiger partial charge in [0, 0.05) is 25.2 Å². The number of carbonyl (C=O) groups is 1. The highest BCUT2D eigenvalue weighted by molar-refractivity contribution is 7.92. The van der Waals surface area contributed by atoms with Crippen molar-refractivity contribution in [1.29, 1.82) is 0 Å². The van der Waals surface area contributed by atoms with Crippen LogP contribution in [-0.2, 0) is 24.8 Å². The number of rotatable bonds is 8. The predicted molar refractivity (Wildman–Crippen MR) is 112 cm³/mol. The van der Waals surface area contributed by atoms with E-state index in [1.54, 1.807) is 0 Å². The van der Waals surface area contributed by atoms with Gasteiger partial charge < -0.3 is 10.1 Å². The highest BCUT2D eigenvalue weighted by Crippen LogP contribution is 2.19. The molecule has 1 fully saturated rings. The number of morpholine rings is 1. The molecule has 3 rings (SSSR count). The summed E-state index contributed by atoms with van der Waals surface area (Å²) in [5.74, 6) is -1.65. The Morgan fingerprint density at radius 2 is 1.74 bits per heavy atom. The molecule has 2 N–H and O–H groups in total. The molecule has 31 heavy (non-hydrogen) atoms. The fourth-order valence-electron chi connectivity index (χ4n) is 2.90. The summed E-state index contributed by atoms with van der Waals surface area (Å²) >= 11 is 0. The third-order valence-electron chi connectivity index (χ3n) is 4.53. The molecule has 0 atom stereocenters. The number of nitrogens with one attached hydrogen (secondary N) is 2. The molecule has 2 aromatic rings. The number of nitrogens with zero attached hydrogens (tertiary/aromatic N) is 1. The number of ether oxygens (including phenoxy) is 1. The first kappa shape index (κ1) is 23.1. The third-order valence-corrected chi connectivity index (χ3v) is 7.77. The molecule has 9 nitrogen and oxygen atoms in total. The van der Waals surface area contributed by atoms with Gasteiger partial charge in [-0.2, -0.15) is 4.31 Å². The second-order valence-corrected chi connectivity index (χ2v) is 10.5. The summed E-state index contributed by atoms with van der Waals surface area (Å²) in [5, 5.41) is 2.48. The van der Waals surface area contributed by atoms with Crippen molar-refractivity contribution in [3.63, 3.8) is 0 Å². The van der Waals surface area contributed by atoms with Crippen LogP contribution in [0, 0.1) is 5.82 Å².